The maximum Gasteiger partial charge on any atom is 0.159 e. The Bertz CT molecular complexity index is 1120. The van der Waals surface area contributed by atoms with E-state index in [9.17, 15) is 19.0 Å². The van der Waals surface area contributed by atoms with Crippen molar-refractivity contribution in [2.45, 2.75) is 69.0 Å². The van der Waals surface area contributed by atoms with Gasteiger partial charge in [0.15, 0.2) is 11.6 Å². The van der Waals surface area contributed by atoms with Gasteiger partial charge in [-0.2, -0.15) is 0 Å². The maximum absolute atomic E-state index is 13.7. The van der Waals surface area contributed by atoms with Gasteiger partial charge in [-0.05, 0) is 42.5 Å². The molecule has 0 unspecified atom stereocenters. The van der Waals surface area contributed by atoms with Crippen LogP contribution in [0, 0.1) is 11.6 Å². The molecular weight excluding hydrogens is 492 g/mol. The number of aliphatic hydroxyl groups excluding tert-OH is 3. The van der Waals surface area contributed by atoms with Gasteiger partial charge in [0, 0.05) is 30.3 Å². The zero-order chi connectivity index (χ0) is 25.4. The van der Waals surface area contributed by atoms with Crippen LogP contribution < -0.4 is 5.32 Å². The molecule has 12 heteroatoms. The van der Waals surface area contributed by atoms with Crippen LogP contribution in [0.5, 0.6) is 0 Å². The molecule has 196 valence electrons. The number of rotatable bonds is 10. The number of benzene rings is 1. The van der Waals surface area contributed by atoms with Crippen molar-refractivity contribution in [3.05, 3.63) is 53.0 Å². The van der Waals surface area contributed by atoms with Gasteiger partial charge in [0.1, 0.15) is 17.9 Å². The van der Waals surface area contributed by atoms with Crippen molar-refractivity contribution in [2.24, 2.45) is 0 Å². The summed E-state index contributed by atoms with van der Waals surface area (Å²) in [5, 5.41) is 42.5. The first-order valence-corrected chi connectivity index (χ1v) is 13.2. The van der Waals surface area contributed by atoms with Crippen molar-refractivity contribution in [3.8, 4) is 0 Å². The van der Waals surface area contributed by atoms with Crippen molar-refractivity contribution >= 4 is 17.6 Å². The normalized spacial score (nSPS) is 29.3. The quantitative estimate of drug-likeness (QED) is 0.347. The molecule has 1 aromatic carbocycles. The van der Waals surface area contributed by atoms with E-state index in [0.717, 1.165) is 41.6 Å². The van der Waals surface area contributed by atoms with Gasteiger partial charge in [-0.25, -0.2) is 13.5 Å². The van der Waals surface area contributed by atoms with E-state index in [1.807, 2.05) is 6.20 Å². The molecule has 2 aromatic rings. The summed E-state index contributed by atoms with van der Waals surface area (Å²) in [5.41, 5.74) is 3.01. The summed E-state index contributed by atoms with van der Waals surface area (Å²) in [6.07, 6.45) is 1.34. The molecule has 2 aliphatic carbocycles. The molecule has 5 rings (SSSR count). The van der Waals surface area contributed by atoms with E-state index in [2.05, 4.69) is 26.9 Å². The number of nitrogens with zero attached hydrogens (tertiary/aromatic N) is 4. The fourth-order valence-corrected chi connectivity index (χ4v) is 5.79. The number of aromatic nitrogens is 3. The highest BCUT2D eigenvalue weighted by molar-refractivity contribution is 7.97. The number of aliphatic hydroxyl groups is 3. The van der Waals surface area contributed by atoms with Crippen molar-refractivity contribution in [1.82, 2.24) is 24.6 Å². The number of hydrogen-bond acceptors (Lipinski definition) is 9. The topological polar surface area (TPSA) is 116 Å². The molecule has 0 bridgehead atoms. The van der Waals surface area contributed by atoms with Crippen LogP contribution >= 0.6 is 11.9 Å². The lowest BCUT2D eigenvalue weighted by Gasteiger charge is -2.27. The predicted octanol–water partition coefficient (Wildman–Crippen LogP) is 1.92. The molecule has 1 aromatic heterocycles. The van der Waals surface area contributed by atoms with Crippen LogP contribution in [0.4, 0.5) is 8.78 Å². The fraction of sp³-hybridized carbons (Fsp3) is 0.583. The largest absolute Gasteiger partial charge is 0.394 e. The van der Waals surface area contributed by atoms with Crippen molar-refractivity contribution in [1.29, 1.82) is 0 Å². The van der Waals surface area contributed by atoms with E-state index in [1.165, 1.54) is 6.07 Å². The Labute approximate surface area is 212 Å². The Morgan fingerprint density at radius 2 is 2.03 bits per heavy atom. The first-order chi connectivity index (χ1) is 17.4. The van der Waals surface area contributed by atoms with Crippen LogP contribution in [0.15, 0.2) is 24.4 Å². The van der Waals surface area contributed by atoms with Gasteiger partial charge in [0.05, 0.1) is 43.3 Å². The van der Waals surface area contributed by atoms with E-state index < -0.39 is 36.0 Å². The lowest BCUT2D eigenvalue weighted by Crippen LogP contribution is -2.34. The zero-order valence-electron chi connectivity index (χ0n) is 19.9. The number of hydrogen-bond donors (Lipinski definition) is 4. The van der Waals surface area contributed by atoms with Gasteiger partial charge in [-0.15, -0.1) is 5.10 Å². The second kappa shape index (κ2) is 10.6. The van der Waals surface area contributed by atoms with Gasteiger partial charge in [-0.1, -0.05) is 18.2 Å². The third kappa shape index (κ3) is 4.97. The van der Waals surface area contributed by atoms with Crippen LogP contribution in [-0.4, -0.2) is 77.9 Å². The first-order valence-electron chi connectivity index (χ1n) is 12.3. The third-order valence-electron chi connectivity index (χ3n) is 6.93. The van der Waals surface area contributed by atoms with E-state index in [4.69, 9.17) is 9.84 Å². The summed E-state index contributed by atoms with van der Waals surface area (Å²) in [7, 11) is 0. The molecule has 2 heterocycles. The minimum atomic E-state index is -1.09. The Kier molecular flexibility index (Phi) is 7.49. The van der Waals surface area contributed by atoms with Crippen LogP contribution in [-0.2, 0) is 11.3 Å². The second-order valence-electron chi connectivity index (χ2n) is 9.46. The summed E-state index contributed by atoms with van der Waals surface area (Å²) in [6, 6.07) is 3.56. The van der Waals surface area contributed by atoms with E-state index >= 15 is 0 Å². The molecule has 3 aliphatic rings. The van der Waals surface area contributed by atoms with Gasteiger partial charge in [0.25, 0.3) is 0 Å². The maximum atomic E-state index is 13.7. The summed E-state index contributed by atoms with van der Waals surface area (Å²) in [5.74, 6) is -0.717. The minimum Gasteiger partial charge on any atom is -0.394 e. The fourth-order valence-electron chi connectivity index (χ4n) is 4.98. The van der Waals surface area contributed by atoms with E-state index in [1.54, 1.807) is 22.7 Å². The molecule has 0 amide bonds. The SMILES string of the molecule is CCCSN1C=C(N[C@@H]2C[C@H]2c2ccc(F)c(F)c2)c2nnn([C@@H]3C[C@H](OCCO)[C@@H](O)[C@H]3O)c2C1. The lowest BCUT2D eigenvalue weighted by atomic mass is 10.1. The van der Waals surface area contributed by atoms with Crippen molar-refractivity contribution < 1.29 is 28.8 Å². The molecule has 9 nitrogen and oxygen atoms in total. The average Bonchev–Trinajstić information content (AvgIpc) is 3.41. The molecule has 0 spiro atoms. The third-order valence-corrected chi connectivity index (χ3v) is 8.08. The number of ether oxygens (including phenoxy) is 1. The molecule has 1 aliphatic heterocycles. The number of halogens is 2. The van der Waals surface area contributed by atoms with Gasteiger partial charge in [0.2, 0.25) is 0 Å². The average molecular weight is 524 g/mol. The van der Waals surface area contributed by atoms with Crippen LogP contribution in [0.3, 0.4) is 0 Å². The Morgan fingerprint density at radius 1 is 1.19 bits per heavy atom. The summed E-state index contributed by atoms with van der Waals surface area (Å²) >= 11 is 1.67. The molecule has 0 saturated heterocycles. The Balaban J connectivity index is 1.36. The van der Waals surface area contributed by atoms with Crippen LogP contribution in [0.2, 0.25) is 0 Å². The summed E-state index contributed by atoms with van der Waals surface area (Å²) in [4.78, 5) is 0. The number of nitrogens with one attached hydrogen (secondary N) is 1. The monoisotopic (exact) mass is 523 g/mol. The molecule has 0 radical (unpaired) electrons. The van der Waals surface area contributed by atoms with Gasteiger partial charge in [-0.3, -0.25) is 0 Å². The molecule has 2 saturated carbocycles. The van der Waals surface area contributed by atoms with E-state index in [-0.39, 0.29) is 25.2 Å². The summed E-state index contributed by atoms with van der Waals surface area (Å²) in [6.45, 7) is 2.54. The molecular formula is C24H31F2N5O4S. The minimum absolute atomic E-state index is 0.0467. The molecule has 4 N–H and O–H groups in total. The Morgan fingerprint density at radius 3 is 2.78 bits per heavy atom. The zero-order valence-corrected chi connectivity index (χ0v) is 20.7. The highest BCUT2D eigenvalue weighted by Gasteiger charge is 2.46. The Hall–Kier alpha value is -2.25. The molecule has 6 atom stereocenters. The second-order valence-corrected chi connectivity index (χ2v) is 10.6. The summed E-state index contributed by atoms with van der Waals surface area (Å²) < 4.78 is 36.4. The number of fused-ring (bicyclic) bond motifs is 1. The van der Waals surface area contributed by atoms with E-state index in [0.29, 0.717) is 18.7 Å². The van der Waals surface area contributed by atoms with Crippen LogP contribution in [0.25, 0.3) is 5.70 Å². The molecule has 36 heavy (non-hydrogen) atoms. The first kappa shape index (κ1) is 25.4. The van der Waals surface area contributed by atoms with Gasteiger partial charge >= 0.3 is 0 Å². The predicted molar refractivity (Wildman–Crippen MR) is 129 cm³/mol. The highest BCUT2D eigenvalue weighted by atomic mass is 32.2. The van der Waals surface area contributed by atoms with Crippen molar-refractivity contribution in [3.63, 3.8) is 0 Å². The molecule has 2 fully saturated rings. The van der Waals surface area contributed by atoms with Crippen LogP contribution in [0.1, 0.15) is 55.1 Å². The van der Waals surface area contributed by atoms with Gasteiger partial charge < -0.3 is 29.7 Å². The van der Waals surface area contributed by atoms with Crippen molar-refractivity contribution in [2.75, 3.05) is 19.0 Å². The standard InChI is InChI=1S/C24H31F2N5O4S/c1-2-7-36-30-11-18(27-17-9-14(17)13-3-4-15(25)16(26)8-13)22-20(12-30)31(29-28-22)19-10-21(35-6-5-32)24(34)23(19)33/h3-4,8,11,14,17,19,21,23-24,27,32-34H,2,5-7,9-10,12H2,1H3/t14-,17+,19+,21-,23-,24+/m0/s1. The highest BCUT2D eigenvalue weighted by Crippen LogP contribution is 2.43. The smallest absolute Gasteiger partial charge is 0.159 e. The lowest BCUT2D eigenvalue weighted by molar-refractivity contribution is -0.0630.